The van der Waals surface area contributed by atoms with E-state index in [4.69, 9.17) is 4.52 Å². The number of rotatable bonds is 8. The standard InChI is InChI=1S/C18H21N5O2S/c1-3-14(18-19-9-15(22-18)13-7-5-4-6-8-13)21-17(24)11-26-10-16-20-12(2)25-23-16/h4-9,14H,3,10-11H2,1-2H3,(H,19,22)(H,21,24)/t14-/m1/s1. The van der Waals surface area contributed by atoms with Gasteiger partial charge in [-0.15, -0.1) is 11.8 Å². The molecule has 0 fully saturated rings. The van der Waals surface area contributed by atoms with Crippen molar-refractivity contribution in [1.29, 1.82) is 0 Å². The van der Waals surface area contributed by atoms with E-state index in [1.807, 2.05) is 37.3 Å². The number of thioether (sulfide) groups is 1. The highest BCUT2D eigenvalue weighted by atomic mass is 32.2. The number of aryl methyl sites for hydroxylation is 1. The number of carbonyl (C=O) groups is 1. The molecular formula is C18H21N5O2S. The molecule has 8 heteroatoms. The zero-order valence-electron chi connectivity index (χ0n) is 14.7. The van der Waals surface area contributed by atoms with Crippen LogP contribution in [0.1, 0.15) is 36.9 Å². The number of carbonyl (C=O) groups excluding carboxylic acids is 1. The van der Waals surface area contributed by atoms with Gasteiger partial charge in [0.2, 0.25) is 11.8 Å². The van der Waals surface area contributed by atoms with Gasteiger partial charge < -0.3 is 14.8 Å². The predicted octanol–water partition coefficient (Wildman–Crippen LogP) is 3.27. The van der Waals surface area contributed by atoms with Crippen molar-refractivity contribution in [1.82, 2.24) is 25.4 Å². The summed E-state index contributed by atoms with van der Waals surface area (Å²) in [6.07, 6.45) is 2.55. The summed E-state index contributed by atoms with van der Waals surface area (Å²) in [5, 5.41) is 6.84. The third-order valence-electron chi connectivity index (χ3n) is 3.79. The molecule has 26 heavy (non-hydrogen) atoms. The first kappa shape index (κ1) is 18.2. The zero-order chi connectivity index (χ0) is 18.4. The van der Waals surface area contributed by atoms with Crippen molar-refractivity contribution < 1.29 is 9.32 Å². The minimum atomic E-state index is -0.145. The van der Waals surface area contributed by atoms with E-state index in [9.17, 15) is 4.79 Å². The van der Waals surface area contributed by atoms with Gasteiger partial charge >= 0.3 is 0 Å². The summed E-state index contributed by atoms with van der Waals surface area (Å²) < 4.78 is 4.91. The van der Waals surface area contributed by atoms with Crippen molar-refractivity contribution in [2.24, 2.45) is 0 Å². The minimum absolute atomic E-state index is 0.0419. The Kier molecular flexibility index (Phi) is 6.06. The normalized spacial score (nSPS) is 12.1. The molecule has 2 aromatic heterocycles. The average Bonchev–Trinajstić information content (AvgIpc) is 3.30. The number of aromatic nitrogens is 4. The molecule has 1 aromatic carbocycles. The van der Waals surface area contributed by atoms with Crippen molar-refractivity contribution >= 4 is 17.7 Å². The Hall–Kier alpha value is -2.61. The van der Waals surface area contributed by atoms with Gasteiger partial charge in [0.15, 0.2) is 5.82 Å². The van der Waals surface area contributed by atoms with Crippen LogP contribution >= 0.6 is 11.8 Å². The van der Waals surface area contributed by atoms with Gasteiger partial charge in [0.05, 0.1) is 29.4 Å². The fourth-order valence-corrected chi connectivity index (χ4v) is 3.18. The third kappa shape index (κ3) is 4.72. The van der Waals surface area contributed by atoms with Crippen LogP contribution in [0.25, 0.3) is 11.3 Å². The number of imidazole rings is 1. The molecule has 3 aromatic rings. The van der Waals surface area contributed by atoms with Gasteiger partial charge in [0.1, 0.15) is 5.82 Å². The van der Waals surface area contributed by atoms with E-state index in [0.717, 1.165) is 23.5 Å². The maximum Gasteiger partial charge on any atom is 0.230 e. The van der Waals surface area contributed by atoms with Crippen LogP contribution in [-0.2, 0) is 10.5 Å². The van der Waals surface area contributed by atoms with Crippen LogP contribution < -0.4 is 5.32 Å². The largest absolute Gasteiger partial charge is 0.345 e. The molecule has 0 saturated carbocycles. The first-order valence-corrected chi connectivity index (χ1v) is 9.57. The van der Waals surface area contributed by atoms with Gasteiger partial charge in [-0.3, -0.25) is 4.79 Å². The molecule has 2 heterocycles. The Labute approximate surface area is 156 Å². The van der Waals surface area contributed by atoms with Crippen LogP contribution in [0.3, 0.4) is 0 Å². The lowest BCUT2D eigenvalue weighted by atomic mass is 10.2. The van der Waals surface area contributed by atoms with Crippen LogP contribution in [0.15, 0.2) is 41.1 Å². The molecule has 136 valence electrons. The maximum atomic E-state index is 12.2. The van der Waals surface area contributed by atoms with Crippen LogP contribution in [-0.4, -0.2) is 31.8 Å². The average molecular weight is 371 g/mol. The third-order valence-corrected chi connectivity index (χ3v) is 4.72. The summed E-state index contributed by atoms with van der Waals surface area (Å²) >= 11 is 1.45. The second kappa shape index (κ2) is 8.66. The van der Waals surface area contributed by atoms with Crippen molar-refractivity contribution in [2.75, 3.05) is 5.75 Å². The number of hydrogen-bond acceptors (Lipinski definition) is 6. The predicted molar refractivity (Wildman–Crippen MR) is 100 cm³/mol. The van der Waals surface area contributed by atoms with Gasteiger partial charge in [0.25, 0.3) is 0 Å². The second-order valence-corrected chi connectivity index (χ2v) is 6.78. The smallest absolute Gasteiger partial charge is 0.230 e. The number of benzene rings is 1. The first-order valence-electron chi connectivity index (χ1n) is 8.42. The molecule has 0 radical (unpaired) electrons. The Bertz CT molecular complexity index is 846. The summed E-state index contributed by atoms with van der Waals surface area (Å²) in [6, 6.07) is 9.84. The Morgan fingerprint density at radius 1 is 1.35 bits per heavy atom. The van der Waals surface area contributed by atoms with Crippen molar-refractivity contribution in [2.45, 2.75) is 32.1 Å². The minimum Gasteiger partial charge on any atom is -0.345 e. The van der Waals surface area contributed by atoms with Crippen molar-refractivity contribution in [3.8, 4) is 11.3 Å². The van der Waals surface area contributed by atoms with E-state index in [1.165, 1.54) is 11.8 Å². The topological polar surface area (TPSA) is 96.7 Å². The molecule has 7 nitrogen and oxygen atoms in total. The van der Waals surface area contributed by atoms with Crippen molar-refractivity contribution in [3.05, 3.63) is 54.1 Å². The van der Waals surface area contributed by atoms with E-state index in [2.05, 4.69) is 25.4 Å². The number of nitrogens with zero attached hydrogens (tertiary/aromatic N) is 3. The summed E-state index contributed by atoms with van der Waals surface area (Å²) in [7, 11) is 0. The quantitative estimate of drug-likeness (QED) is 0.631. The molecule has 0 saturated heterocycles. The number of H-pyrrole nitrogens is 1. The molecule has 0 spiro atoms. The summed E-state index contributed by atoms with van der Waals surface area (Å²) in [5.41, 5.74) is 2.01. The lowest BCUT2D eigenvalue weighted by Crippen LogP contribution is -2.30. The fourth-order valence-electron chi connectivity index (χ4n) is 2.51. The van der Waals surface area contributed by atoms with Crippen LogP contribution in [0.2, 0.25) is 0 Å². The Morgan fingerprint density at radius 2 is 2.15 bits per heavy atom. The lowest BCUT2D eigenvalue weighted by Gasteiger charge is -2.14. The number of amides is 1. The van der Waals surface area contributed by atoms with Gasteiger partial charge in [-0.05, 0) is 12.0 Å². The van der Waals surface area contributed by atoms with Crippen molar-refractivity contribution in [3.63, 3.8) is 0 Å². The highest BCUT2D eigenvalue weighted by Crippen LogP contribution is 2.20. The SMILES string of the molecule is CC[C@@H](NC(=O)CSCc1noc(C)n1)c1ncc(-c2ccccc2)[nH]1. The molecule has 0 bridgehead atoms. The lowest BCUT2D eigenvalue weighted by molar-refractivity contribution is -0.119. The number of nitrogens with one attached hydrogen (secondary N) is 2. The van der Waals surface area contributed by atoms with E-state index >= 15 is 0 Å². The molecule has 2 N–H and O–H groups in total. The van der Waals surface area contributed by atoms with Crippen LogP contribution in [0.5, 0.6) is 0 Å². The number of hydrogen-bond donors (Lipinski definition) is 2. The summed E-state index contributed by atoms with van der Waals surface area (Å²) in [4.78, 5) is 24.1. The summed E-state index contributed by atoms with van der Waals surface area (Å²) in [6.45, 7) is 3.76. The van der Waals surface area contributed by atoms with E-state index in [-0.39, 0.29) is 11.9 Å². The highest BCUT2D eigenvalue weighted by Gasteiger charge is 2.16. The van der Waals surface area contributed by atoms with Gasteiger partial charge in [0, 0.05) is 6.92 Å². The van der Waals surface area contributed by atoms with Crippen LogP contribution in [0, 0.1) is 6.92 Å². The molecule has 1 amide bonds. The summed E-state index contributed by atoms with van der Waals surface area (Å²) in [5.74, 6) is 2.73. The zero-order valence-corrected chi connectivity index (χ0v) is 15.5. The molecule has 1 atom stereocenters. The molecular weight excluding hydrogens is 350 g/mol. The monoisotopic (exact) mass is 371 g/mol. The van der Waals surface area contributed by atoms with Gasteiger partial charge in [-0.2, -0.15) is 4.98 Å². The highest BCUT2D eigenvalue weighted by molar-refractivity contribution is 7.99. The van der Waals surface area contributed by atoms with E-state index in [0.29, 0.717) is 23.2 Å². The molecule has 0 aliphatic heterocycles. The first-order chi connectivity index (χ1) is 12.7. The van der Waals surface area contributed by atoms with Crippen LogP contribution in [0.4, 0.5) is 0 Å². The van der Waals surface area contributed by atoms with E-state index < -0.39 is 0 Å². The Balaban J connectivity index is 1.53. The number of aromatic amines is 1. The van der Waals surface area contributed by atoms with E-state index in [1.54, 1.807) is 13.1 Å². The molecule has 3 rings (SSSR count). The molecule has 0 aliphatic carbocycles. The van der Waals surface area contributed by atoms with Gasteiger partial charge in [-0.25, -0.2) is 4.98 Å². The second-order valence-electron chi connectivity index (χ2n) is 5.80. The maximum absolute atomic E-state index is 12.2. The molecule has 0 aliphatic rings. The van der Waals surface area contributed by atoms with Gasteiger partial charge in [-0.1, -0.05) is 42.4 Å². The molecule has 0 unspecified atom stereocenters. The Morgan fingerprint density at radius 3 is 2.85 bits per heavy atom. The fraction of sp³-hybridized carbons (Fsp3) is 0.333.